The molecule has 114 valence electrons. The molecule has 6 heteroatoms. The lowest BCUT2D eigenvalue weighted by molar-refractivity contribution is -0.140. The predicted octanol–water partition coefficient (Wildman–Crippen LogP) is 1.27. The van der Waals surface area contributed by atoms with Crippen molar-refractivity contribution in [1.29, 1.82) is 0 Å². The molecule has 2 heterocycles. The number of ether oxygens (including phenoxy) is 2. The van der Waals surface area contributed by atoms with Crippen molar-refractivity contribution in [3.63, 3.8) is 0 Å². The first kappa shape index (κ1) is 15.4. The number of pyridine rings is 1. The van der Waals surface area contributed by atoms with E-state index in [0.29, 0.717) is 18.7 Å². The number of nitrogens with zero attached hydrogens (tertiary/aromatic N) is 2. The molecule has 1 atom stereocenters. The Labute approximate surface area is 124 Å². The number of rotatable bonds is 6. The maximum Gasteiger partial charge on any atom is 0.307 e. The molecule has 1 aliphatic rings. The molecule has 0 saturated carbocycles. The van der Waals surface area contributed by atoms with Crippen molar-refractivity contribution >= 4 is 11.9 Å². The van der Waals surface area contributed by atoms with Crippen LogP contribution in [-0.2, 0) is 14.3 Å². The summed E-state index contributed by atoms with van der Waals surface area (Å²) in [6.45, 7) is 1.54. The molecule has 6 nitrogen and oxygen atoms in total. The van der Waals surface area contributed by atoms with Gasteiger partial charge in [-0.25, -0.2) is 0 Å². The fourth-order valence-electron chi connectivity index (χ4n) is 2.31. The van der Waals surface area contributed by atoms with Gasteiger partial charge in [-0.1, -0.05) is 0 Å². The normalized spacial score (nSPS) is 17.5. The summed E-state index contributed by atoms with van der Waals surface area (Å²) in [5.74, 6) is -0.464. The van der Waals surface area contributed by atoms with E-state index in [1.54, 1.807) is 23.2 Å². The lowest BCUT2D eigenvalue weighted by Crippen LogP contribution is -2.39. The molecule has 0 radical (unpaired) electrons. The van der Waals surface area contributed by atoms with E-state index in [0.717, 1.165) is 19.4 Å². The molecule has 0 spiro atoms. The van der Waals surface area contributed by atoms with Gasteiger partial charge in [-0.2, -0.15) is 0 Å². The topological polar surface area (TPSA) is 68.7 Å². The number of carbonyl (C=O) groups is 2. The summed E-state index contributed by atoms with van der Waals surface area (Å²) in [7, 11) is 1.34. The van der Waals surface area contributed by atoms with Crippen molar-refractivity contribution in [2.75, 3.05) is 26.8 Å². The summed E-state index contributed by atoms with van der Waals surface area (Å²) in [5.41, 5.74) is 0.514. The van der Waals surface area contributed by atoms with Gasteiger partial charge in [-0.3, -0.25) is 14.6 Å². The Balaban J connectivity index is 2.02. The minimum absolute atomic E-state index is 0.0447. The summed E-state index contributed by atoms with van der Waals surface area (Å²) in [4.78, 5) is 29.4. The average Bonchev–Trinajstić information content (AvgIpc) is 3.04. The summed E-state index contributed by atoms with van der Waals surface area (Å²) in [6, 6.07) is 3.44. The highest BCUT2D eigenvalue weighted by Crippen LogP contribution is 2.15. The number of amides is 1. The third kappa shape index (κ3) is 4.53. The SMILES string of the molecule is COC(=O)CCN(C[C@@H]1CCCO1)C(=O)c1cccnc1. The van der Waals surface area contributed by atoms with Crippen molar-refractivity contribution in [2.24, 2.45) is 0 Å². The van der Waals surface area contributed by atoms with E-state index in [-0.39, 0.29) is 24.4 Å². The maximum absolute atomic E-state index is 12.5. The first-order chi connectivity index (χ1) is 10.2. The summed E-state index contributed by atoms with van der Waals surface area (Å²) < 4.78 is 10.2. The van der Waals surface area contributed by atoms with E-state index >= 15 is 0 Å². The van der Waals surface area contributed by atoms with E-state index in [1.807, 2.05) is 0 Å². The van der Waals surface area contributed by atoms with Gasteiger partial charge in [0.25, 0.3) is 5.91 Å². The molecule has 1 saturated heterocycles. The van der Waals surface area contributed by atoms with Crippen LogP contribution < -0.4 is 0 Å². The van der Waals surface area contributed by atoms with Crippen LogP contribution >= 0.6 is 0 Å². The van der Waals surface area contributed by atoms with E-state index < -0.39 is 0 Å². The van der Waals surface area contributed by atoms with Crippen LogP contribution in [0.1, 0.15) is 29.6 Å². The molecule has 0 unspecified atom stereocenters. The van der Waals surface area contributed by atoms with Gasteiger partial charge in [0.05, 0.1) is 25.2 Å². The number of hydrogen-bond donors (Lipinski definition) is 0. The molecule has 1 aliphatic heterocycles. The number of methoxy groups -OCH3 is 1. The number of hydrogen-bond acceptors (Lipinski definition) is 5. The molecule has 0 aromatic carbocycles. The van der Waals surface area contributed by atoms with Gasteiger partial charge in [0.1, 0.15) is 0 Å². The minimum Gasteiger partial charge on any atom is -0.469 e. The van der Waals surface area contributed by atoms with Crippen LogP contribution in [0.2, 0.25) is 0 Å². The lowest BCUT2D eigenvalue weighted by atomic mass is 10.2. The van der Waals surface area contributed by atoms with Gasteiger partial charge in [-0.15, -0.1) is 0 Å². The number of carbonyl (C=O) groups excluding carboxylic acids is 2. The third-order valence-electron chi connectivity index (χ3n) is 3.46. The monoisotopic (exact) mass is 292 g/mol. The zero-order valence-corrected chi connectivity index (χ0v) is 12.2. The molecule has 1 aromatic rings. The van der Waals surface area contributed by atoms with E-state index in [4.69, 9.17) is 4.74 Å². The molecule has 1 fully saturated rings. The Bertz CT molecular complexity index is 472. The molecule has 0 bridgehead atoms. The Hall–Kier alpha value is -1.95. The highest BCUT2D eigenvalue weighted by molar-refractivity contribution is 5.94. The average molecular weight is 292 g/mol. The smallest absolute Gasteiger partial charge is 0.307 e. The van der Waals surface area contributed by atoms with Gasteiger partial charge in [-0.05, 0) is 25.0 Å². The van der Waals surface area contributed by atoms with Gasteiger partial charge in [0, 0.05) is 32.1 Å². The molecular weight excluding hydrogens is 272 g/mol. The maximum atomic E-state index is 12.5. The molecule has 1 amide bonds. The number of esters is 1. The molecule has 0 N–H and O–H groups in total. The van der Waals surface area contributed by atoms with Crippen LogP contribution in [0.25, 0.3) is 0 Å². The fraction of sp³-hybridized carbons (Fsp3) is 0.533. The quantitative estimate of drug-likeness (QED) is 0.738. The van der Waals surface area contributed by atoms with Crippen LogP contribution in [0.5, 0.6) is 0 Å². The van der Waals surface area contributed by atoms with Crippen molar-refractivity contribution in [1.82, 2.24) is 9.88 Å². The second-order valence-corrected chi connectivity index (χ2v) is 4.95. The Morgan fingerprint density at radius 3 is 3.00 bits per heavy atom. The minimum atomic E-state index is -0.327. The van der Waals surface area contributed by atoms with Crippen LogP contribution in [0.15, 0.2) is 24.5 Å². The van der Waals surface area contributed by atoms with Crippen molar-refractivity contribution in [3.8, 4) is 0 Å². The first-order valence-electron chi connectivity index (χ1n) is 7.08. The summed E-state index contributed by atoms with van der Waals surface area (Å²) >= 11 is 0. The van der Waals surface area contributed by atoms with Crippen LogP contribution in [-0.4, -0.2) is 54.7 Å². The highest BCUT2D eigenvalue weighted by Gasteiger charge is 2.24. The fourth-order valence-corrected chi connectivity index (χ4v) is 2.31. The lowest BCUT2D eigenvalue weighted by Gasteiger charge is -2.25. The van der Waals surface area contributed by atoms with Gasteiger partial charge in [0.2, 0.25) is 0 Å². The van der Waals surface area contributed by atoms with Gasteiger partial charge >= 0.3 is 5.97 Å². The third-order valence-corrected chi connectivity index (χ3v) is 3.46. The molecular formula is C15H20N2O4. The molecule has 1 aromatic heterocycles. The largest absolute Gasteiger partial charge is 0.469 e. The standard InChI is InChI=1S/C15H20N2O4/c1-20-14(18)6-8-17(11-13-5-3-9-21-13)15(19)12-4-2-7-16-10-12/h2,4,7,10,13H,3,5-6,8-9,11H2,1H3/t13-/m0/s1. The van der Waals surface area contributed by atoms with E-state index in [1.165, 1.54) is 13.3 Å². The highest BCUT2D eigenvalue weighted by atomic mass is 16.5. The Morgan fingerprint density at radius 1 is 1.52 bits per heavy atom. The second kappa shape index (κ2) is 7.73. The van der Waals surface area contributed by atoms with Crippen LogP contribution in [0.3, 0.4) is 0 Å². The molecule has 2 rings (SSSR count). The molecule has 0 aliphatic carbocycles. The van der Waals surface area contributed by atoms with Gasteiger partial charge in [0.15, 0.2) is 0 Å². The number of aromatic nitrogens is 1. The predicted molar refractivity (Wildman–Crippen MR) is 75.7 cm³/mol. The van der Waals surface area contributed by atoms with Crippen molar-refractivity contribution < 1.29 is 19.1 Å². The second-order valence-electron chi connectivity index (χ2n) is 4.95. The van der Waals surface area contributed by atoms with Crippen LogP contribution in [0.4, 0.5) is 0 Å². The van der Waals surface area contributed by atoms with Crippen molar-refractivity contribution in [2.45, 2.75) is 25.4 Å². The van der Waals surface area contributed by atoms with Crippen molar-refractivity contribution in [3.05, 3.63) is 30.1 Å². The first-order valence-corrected chi connectivity index (χ1v) is 7.08. The Morgan fingerprint density at radius 2 is 2.38 bits per heavy atom. The summed E-state index contributed by atoms with van der Waals surface area (Å²) in [6.07, 6.45) is 5.32. The Kier molecular flexibility index (Phi) is 5.68. The van der Waals surface area contributed by atoms with E-state index in [9.17, 15) is 9.59 Å². The van der Waals surface area contributed by atoms with Gasteiger partial charge < -0.3 is 14.4 Å². The van der Waals surface area contributed by atoms with Crippen LogP contribution in [0, 0.1) is 0 Å². The zero-order chi connectivity index (χ0) is 15.1. The zero-order valence-electron chi connectivity index (χ0n) is 12.2. The molecule has 21 heavy (non-hydrogen) atoms. The van der Waals surface area contributed by atoms with E-state index in [2.05, 4.69) is 9.72 Å². The summed E-state index contributed by atoms with van der Waals surface area (Å²) in [5, 5.41) is 0.